The normalized spacial score (nSPS) is 10.1. The van der Waals surface area contributed by atoms with Crippen molar-refractivity contribution in [1.82, 2.24) is 0 Å². The second kappa shape index (κ2) is 6.99. The molecule has 5 nitrogen and oxygen atoms in total. The van der Waals surface area contributed by atoms with Gasteiger partial charge >= 0.3 is 0 Å². The van der Waals surface area contributed by atoms with Crippen molar-refractivity contribution < 1.29 is 14.5 Å². The van der Waals surface area contributed by atoms with Crippen molar-refractivity contribution in [2.24, 2.45) is 0 Å². The van der Waals surface area contributed by atoms with E-state index in [0.717, 1.165) is 5.56 Å². The SMILES string of the molecule is O=C(CBr)c1ccc(OCc2ccccc2)cc1[N+](=O)[O-]. The molecule has 0 N–H and O–H groups in total. The molecule has 0 aliphatic carbocycles. The van der Waals surface area contributed by atoms with Gasteiger partial charge in [-0.15, -0.1) is 0 Å². The largest absolute Gasteiger partial charge is 0.489 e. The molecule has 0 amide bonds. The van der Waals surface area contributed by atoms with Gasteiger partial charge in [0.25, 0.3) is 5.69 Å². The number of Topliss-reactive ketones (excluding diaryl/α,β-unsaturated/α-hetero) is 1. The Labute approximate surface area is 129 Å². The first-order valence-corrected chi connectivity index (χ1v) is 7.28. The van der Waals surface area contributed by atoms with Crippen LogP contribution < -0.4 is 4.74 Å². The number of nitrogens with zero attached hydrogens (tertiary/aromatic N) is 1. The monoisotopic (exact) mass is 349 g/mol. The quantitative estimate of drug-likeness (QED) is 0.344. The first-order chi connectivity index (χ1) is 10.1. The molecule has 2 aromatic rings. The number of carbonyl (C=O) groups excluding carboxylic acids is 1. The van der Waals surface area contributed by atoms with Crippen molar-refractivity contribution in [2.45, 2.75) is 6.61 Å². The second-order valence-electron chi connectivity index (χ2n) is 4.27. The van der Waals surface area contributed by atoms with Gasteiger partial charge in [0.15, 0.2) is 5.78 Å². The Morgan fingerprint density at radius 1 is 1.19 bits per heavy atom. The molecule has 0 fully saturated rings. The van der Waals surface area contributed by atoms with Crippen LogP contribution in [0.1, 0.15) is 15.9 Å². The summed E-state index contributed by atoms with van der Waals surface area (Å²) in [5.74, 6) is 0.0213. The fraction of sp³-hybridized carbons (Fsp3) is 0.133. The van der Waals surface area contributed by atoms with E-state index in [1.807, 2.05) is 30.3 Å². The van der Waals surface area contributed by atoms with Gasteiger partial charge in [-0.1, -0.05) is 46.3 Å². The summed E-state index contributed by atoms with van der Waals surface area (Å²) in [7, 11) is 0. The molecule has 0 bridgehead atoms. The van der Waals surface area contributed by atoms with Gasteiger partial charge in [-0.2, -0.15) is 0 Å². The third-order valence-corrected chi connectivity index (χ3v) is 3.35. The molecule has 6 heteroatoms. The molecule has 0 saturated carbocycles. The van der Waals surface area contributed by atoms with E-state index in [1.165, 1.54) is 12.1 Å². The van der Waals surface area contributed by atoms with E-state index in [-0.39, 0.29) is 22.4 Å². The Balaban J connectivity index is 2.20. The van der Waals surface area contributed by atoms with Crippen LogP contribution in [0.15, 0.2) is 48.5 Å². The highest BCUT2D eigenvalue weighted by Gasteiger charge is 2.20. The Bertz CT molecular complexity index is 658. The molecule has 21 heavy (non-hydrogen) atoms. The molecule has 0 radical (unpaired) electrons. The van der Waals surface area contributed by atoms with Gasteiger partial charge in [-0.3, -0.25) is 14.9 Å². The Morgan fingerprint density at radius 2 is 1.90 bits per heavy atom. The van der Waals surface area contributed by atoms with E-state index in [2.05, 4.69) is 15.9 Å². The van der Waals surface area contributed by atoms with Gasteiger partial charge in [0.2, 0.25) is 0 Å². The van der Waals surface area contributed by atoms with E-state index >= 15 is 0 Å². The summed E-state index contributed by atoms with van der Waals surface area (Å²) >= 11 is 3.01. The lowest BCUT2D eigenvalue weighted by atomic mass is 10.1. The molecule has 108 valence electrons. The molecule has 0 aromatic heterocycles. The number of halogens is 1. The molecule has 0 spiro atoms. The standard InChI is InChI=1S/C15H12BrNO4/c16-9-15(18)13-7-6-12(8-14(13)17(19)20)21-10-11-4-2-1-3-5-11/h1-8H,9-10H2. The van der Waals surface area contributed by atoms with Gasteiger partial charge in [-0.05, 0) is 17.7 Å². The zero-order chi connectivity index (χ0) is 15.2. The highest BCUT2D eigenvalue weighted by atomic mass is 79.9. The number of benzene rings is 2. The summed E-state index contributed by atoms with van der Waals surface area (Å²) in [5.41, 5.74) is 0.787. The fourth-order valence-electron chi connectivity index (χ4n) is 1.80. The highest BCUT2D eigenvalue weighted by molar-refractivity contribution is 9.09. The van der Waals surface area contributed by atoms with Crippen LogP contribution in [0.3, 0.4) is 0 Å². The van der Waals surface area contributed by atoms with E-state index in [1.54, 1.807) is 6.07 Å². The van der Waals surface area contributed by atoms with Crippen molar-refractivity contribution >= 4 is 27.4 Å². The third-order valence-electron chi connectivity index (χ3n) is 2.84. The maximum Gasteiger partial charge on any atom is 0.283 e. The number of hydrogen-bond acceptors (Lipinski definition) is 4. The van der Waals surface area contributed by atoms with Crippen LogP contribution in [0.5, 0.6) is 5.75 Å². The minimum Gasteiger partial charge on any atom is -0.489 e. The average molecular weight is 350 g/mol. The molecule has 0 aliphatic rings. The number of nitro groups is 1. The molecule has 0 atom stereocenters. The third kappa shape index (κ3) is 3.88. The summed E-state index contributed by atoms with van der Waals surface area (Å²) in [6.45, 7) is 0.309. The predicted octanol–water partition coefficient (Wildman–Crippen LogP) is 3.75. The number of ketones is 1. The number of nitro benzene ring substituents is 1. The van der Waals surface area contributed by atoms with Crippen LogP contribution in [-0.4, -0.2) is 16.0 Å². The molecule has 2 aromatic carbocycles. The number of rotatable bonds is 6. The van der Waals surface area contributed by atoms with Crippen molar-refractivity contribution in [3.63, 3.8) is 0 Å². The topological polar surface area (TPSA) is 69.4 Å². The van der Waals surface area contributed by atoms with Crippen molar-refractivity contribution in [2.75, 3.05) is 5.33 Å². The summed E-state index contributed by atoms with van der Waals surface area (Å²) in [6.07, 6.45) is 0. The Kier molecular flexibility index (Phi) is 5.05. The van der Waals surface area contributed by atoms with Crippen LogP contribution in [0.25, 0.3) is 0 Å². The van der Waals surface area contributed by atoms with Gasteiger partial charge in [0.05, 0.1) is 21.9 Å². The molecule has 0 saturated heterocycles. The molecule has 0 aliphatic heterocycles. The minimum atomic E-state index is -0.578. The van der Waals surface area contributed by atoms with Crippen molar-refractivity contribution in [3.05, 3.63) is 69.8 Å². The first kappa shape index (κ1) is 15.2. The zero-order valence-electron chi connectivity index (χ0n) is 11.0. The lowest BCUT2D eigenvalue weighted by Crippen LogP contribution is -2.05. The lowest BCUT2D eigenvalue weighted by molar-refractivity contribution is -0.385. The van der Waals surface area contributed by atoms with E-state index in [4.69, 9.17) is 4.74 Å². The van der Waals surface area contributed by atoms with Gasteiger partial charge in [-0.25, -0.2) is 0 Å². The summed E-state index contributed by atoms with van der Waals surface area (Å²) in [5, 5.41) is 11.1. The Hall–Kier alpha value is -2.21. The van der Waals surface area contributed by atoms with E-state index in [0.29, 0.717) is 12.4 Å². The van der Waals surface area contributed by atoms with E-state index in [9.17, 15) is 14.9 Å². The maximum absolute atomic E-state index is 11.6. The number of hydrogen-bond donors (Lipinski definition) is 0. The predicted molar refractivity (Wildman–Crippen MR) is 82.0 cm³/mol. The number of alkyl halides is 1. The van der Waals surface area contributed by atoms with Gasteiger partial charge < -0.3 is 4.74 Å². The molecular weight excluding hydrogens is 338 g/mol. The molecule has 0 unspecified atom stereocenters. The molecular formula is C15H12BrNO4. The number of carbonyl (C=O) groups is 1. The average Bonchev–Trinajstić information content (AvgIpc) is 2.52. The van der Waals surface area contributed by atoms with Gasteiger partial charge in [0, 0.05) is 0 Å². The lowest BCUT2D eigenvalue weighted by Gasteiger charge is -2.07. The number of ether oxygens (including phenoxy) is 1. The smallest absolute Gasteiger partial charge is 0.283 e. The zero-order valence-corrected chi connectivity index (χ0v) is 12.6. The van der Waals surface area contributed by atoms with Crippen LogP contribution in [-0.2, 0) is 6.61 Å². The van der Waals surface area contributed by atoms with Gasteiger partial charge in [0.1, 0.15) is 12.4 Å². The maximum atomic E-state index is 11.6. The van der Waals surface area contributed by atoms with Crippen LogP contribution in [0.4, 0.5) is 5.69 Å². The first-order valence-electron chi connectivity index (χ1n) is 6.16. The van der Waals surface area contributed by atoms with E-state index < -0.39 is 4.92 Å². The van der Waals surface area contributed by atoms with Crippen LogP contribution in [0, 0.1) is 10.1 Å². The minimum absolute atomic E-state index is 0.0397. The summed E-state index contributed by atoms with van der Waals surface area (Å²) in [6, 6.07) is 13.7. The fourth-order valence-corrected chi connectivity index (χ4v) is 2.10. The van der Waals surface area contributed by atoms with Crippen LogP contribution >= 0.6 is 15.9 Å². The second-order valence-corrected chi connectivity index (χ2v) is 4.83. The van der Waals surface area contributed by atoms with Crippen LogP contribution in [0.2, 0.25) is 0 Å². The summed E-state index contributed by atoms with van der Waals surface area (Å²) in [4.78, 5) is 22.1. The molecule has 0 heterocycles. The molecule has 2 rings (SSSR count). The summed E-state index contributed by atoms with van der Waals surface area (Å²) < 4.78 is 5.52. The highest BCUT2D eigenvalue weighted by Crippen LogP contribution is 2.26. The van der Waals surface area contributed by atoms with Crippen molar-refractivity contribution in [3.8, 4) is 5.75 Å². The Morgan fingerprint density at radius 3 is 2.52 bits per heavy atom. The van der Waals surface area contributed by atoms with Crippen molar-refractivity contribution in [1.29, 1.82) is 0 Å².